The van der Waals surface area contributed by atoms with Gasteiger partial charge in [-0.25, -0.2) is 8.42 Å². The molecule has 2 N–H and O–H groups in total. The molecular weight excluding hydrogens is 554 g/mol. The van der Waals surface area contributed by atoms with E-state index >= 15 is 0 Å². The normalized spacial score (nSPS) is 21.2. The number of fused-ring (bicyclic) bond motifs is 1. The molecule has 0 unspecified atom stereocenters. The lowest BCUT2D eigenvalue weighted by molar-refractivity contribution is -0.120. The van der Waals surface area contributed by atoms with Gasteiger partial charge in [-0.05, 0) is 50.1 Å². The zero-order chi connectivity index (χ0) is 29.0. The van der Waals surface area contributed by atoms with Crippen molar-refractivity contribution in [2.75, 3.05) is 32.1 Å². The van der Waals surface area contributed by atoms with Crippen LogP contribution in [0.3, 0.4) is 0 Å². The van der Waals surface area contributed by atoms with Crippen LogP contribution in [0, 0.1) is 11.8 Å². The zero-order valence-electron chi connectivity index (χ0n) is 23.2. The number of nitrogens with one attached hydrogen (secondary N) is 1. The summed E-state index contributed by atoms with van der Waals surface area (Å²) in [5.41, 5.74) is 0.738. The molecule has 11 heteroatoms. The van der Waals surface area contributed by atoms with E-state index in [2.05, 4.69) is 5.32 Å². The summed E-state index contributed by atoms with van der Waals surface area (Å²) in [4.78, 5) is 28.1. The molecule has 1 saturated carbocycles. The molecule has 2 aromatic carbocycles. The summed E-state index contributed by atoms with van der Waals surface area (Å²) in [6.45, 7) is 3.64. The van der Waals surface area contributed by atoms with Crippen LogP contribution in [-0.4, -0.2) is 73.4 Å². The van der Waals surface area contributed by atoms with Crippen molar-refractivity contribution in [3.05, 3.63) is 53.1 Å². The highest BCUT2D eigenvalue weighted by molar-refractivity contribution is 7.89. The Morgan fingerprint density at radius 2 is 1.90 bits per heavy atom. The van der Waals surface area contributed by atoms with Crippen molar-refractivity contribution in [3.63, 3.8) is 0 Å². The molecule has 0 saturated heterocycles. The largest absolute Gasteiger partial charge is 0.488 e. The number of nitrogens with zero attached hydrogens (tertiary/aromatic N) is 2. The Balaban J connectivity index is 1.63. The topological polar surface area (TPSA) is 116 Å². The maximum Gasteiger partial charge on any atom is 0.258 e. The highest BCUT2D eigenvalue weighted by Gasteiger charge is 2.36. The van der Waals surface area contributed by atoms with E-state index in [1.54, 1.807) is 42.2 Å². The maximum atomic E-state index is 13.7. The lowest BCUT2D eigenvalue weighted by Crippen LogP contribution is -2.50. The van der Waals surface area contributed by atoms with Crippen molar-refractivity contribution in [1.29, 1.82) is 0 Å². The number of halogens is 1. The highest BCUT2D eigenvalue weighted by atomic mass is 35.5. The Kier molecular flexibility index (Phi) is 9.76. The molecule has 1 aliphatic carbocycles. The number of likely N-dealkylation sites (N-methyl/N-ethyl adjacent to an activating group) is 1. The number of hydrogen-bond donors (Lipinski definition) is 2. The molecular formula is C29H38ClN3O6S. The number of benzene rings is 2. The minimum Gasteiger partial charge on any atom is -0.488 e. The quantitative estimate of drug-likeness (QED) is 0.470. The lowest BCUT2D eigenvalue weighted by atomic mass is 9.88. The minimum atomic E-state index is -3.91. The third kappa shape index (κ3) is 6.62. The Morgan fingerprint density at radius 1 is 1.20 bits per heavy atom. The van der Waals surface area contributed by atoms with Crippen LogP contribution in [0.5, 0.6) is 5.75 Å². The molecule has 3 atom stereocenters. The average molecular weight is 592 g/mol. The molecule has 1 aliphatic heterocycles. The van der Waals surface area contributed by atoms with E-state index in [9.17, 15) is 23.1 Å². The predicted octanol–water partition coefficient (Wildman–Crippen LogP) is 4.40. The standard InChI is InChI=1S/C29H38ClN3O6S/c1-19-16-33(20(2)18-34)29(36)23-15-22(31-28(35)21-9-5-4-6-10-21)13-14-25(23)39-26(19)17-32(3)40(37,38)27-12-8-7-11-24(27)30/h7-8,11-15,19-21,26,34H,4-6,9-10,16-18H2,1-3H3,(H,31,35)/t19-,20-,26+/m1/s1. The van der Waals surface area contributed by atoms with E-state index in [-0.39, 0.29) is 64.6 Å². The fourth-order valence-corrected chi connectivity index (χ4v) is 6.97. The number of carbonyl (C=O) groups excluding carboxylic acids is 2. The Hall–Kier alpha value is -2.66. The molecule has 0 bridgehead atoms. The number of carbonyl (C=O) groups is 2. The summed E-state index contributed by atoms with van der Waals surface area (Å²) in [6.07, 6.45) is 4.29. The summed E-state index contributed by atoms with van der Waals surface area (Å²) in [7, 11) is -2.44. The molecule has 9 nitrogen and oxygen atoms in total. The number of sulfonamides is 1. The third-order valence-electron chi connectivity index (χ3n) is 7.87. The number of anilines is 1. The minimum absolute atomic E-state index is 0.00196. The first-order valence-corrected chi connectivity index (χ1v) is 15.6. The van der Waals surface area contributed by atoms with Crippen molar-refractivity contribution in [2.24, 2.45) is 11.8 Å². The van der Waals surface area contributed by atoms with E-state index in [1.807, 2.05) is 6.92 Å². The average Bonchev–Trinajstić information content (AvgIpc) is 2.95. The maximum absolute atomic E-state index is 13.7. The van der Waals surface area contributed by atoms with Crippen LogP contribution >= 0.6 is 11.6 Å². The van der Waals surface area contributed by atoms with Gasteiger partial charge in [-0.15, -0.1) is 0 Å². The SMILES string of the molecule is C[C@@H]1CN([C@H](C)CO)C(=O)c2cc(NC(=O)C3CCCCC3)ccc2O[C@H]1CN(C)S(=O)(=O)c1ccccc1Cl. The summed E-state index contributed by atoms with van der Waals surface area (Å²) < 4.78 is 34.2. The van der Waals surface area contributed by atoms with E-state index < -0.39 is 22.2 Å². The fraction of sp³-hybridized carbons (Fsp3) is 0.517. The van der Waals surface area contributed by atoms with Crippen molar-refractivity contribution in [1.82, 2.24) is 9.21 Å². The molecule has 1 heterocycles. The van der Waals surface area contributed by atoms with E-state index in [4.69, 9.17) is 16.3 Å². The number of hydrogen-bond acceptors (Lipinski definition) is 6. The number of aliphatic hydroxyl groups excluding tert-OH is 1. The van der Waals surface area contributed by atoms with Crippen molar-refractivity contribution in [3.8, 4) is 5.75 Å². The molecule has 0 radical (unpaired) electrons. The monoisotopic (exact) mass is 591 g/mol. The molecule has 4 rings (SSSR count). The Bertz CT molecular complexity index is 1330. The molecule has 2 amide bonds. The summed E-state index contributed by atoms with van der Waals surface area (Å²) >= 11 is 6.19. The smallest absolute Gasteiger partial charge is 0.258 e. The van der Waals surface area contributed by atoms with Gasteiger partial charge in [-0.1, -0.05) is 49.9 Å². The van der Waals surface area contributed by atoms with Crippen LogP contribution in [0.1, 0.15) is 56.3 Å². The van der Waals surface area contributed by atoms with E-state index in [0.717, 1.165) is 32.1 Å². The Morgan fingerprint density at radius 3 is 2.58 bits per heavy atom. The molecule has 2 aromatic rings. The van der Waals surface area contributed by atoms with Gasteiger partial charge in [0.25, 0.3) is 5.91 Å². The molecule has 0 aromatic heterocycles. The highest BCUT2D eigenvalue weighted by Crippen LogP contribution is 2.32. The van der Waals surface area contributed by atoms with Crippen LogP contribution < -0.4 is 10.1 Å². The van der Waals surface area contributed by atoms with Gasteiger partial charge in [0.2, 0.25) is 15.9 Å². The fourth-order valence-electron chi connectivity index (χ4n) is 5.30. The number of rotatable bonds is 8. The number of amides is 2. The van der Waals surface area contributed by atoms with Gasteiger partial charge < -0.3 is 20.1 Å². The van der Waals surface area contributed by atoms with Gasteiger partial charge in [0, 0.05) is 31.1 Å². The second kappa shape index (κ2) is 12.9. The van der Waals surface area contributed by atoms with Gasteiger partial charge in [0.15, 0.2) is 0 Å². The number of aliphatic hydroxyl groups is 1. The van der Waals surface area contributed by atoms with Gasteiger partial charge in [-0.2, -0.15) is 4.31 Å². The van der Waals surface area contributed by atoms with Gasteiger partial charge >= 0.3 is 0 Å². The first-order chi connectivity index (χ1) is 19.0. The van der Waals surface area contributed by atoms with Gasteiger partial charge in [-0.3, -0.25) is 9.59 Å². The van der Waals surface area contributed by atoms with Crippen LogP contribution in [0.15, 0.2) is 47.4 Å². The van der Waals surface area contributed by atoms with Crippen LogP contribution in [-0.2, 0) is 14.8 Å². The van der Waals surface area contributed by atoms with Crippen LogP contribution in [0.4, 0.5) is 5.69 Å². The molecule has 1 fully saturated rings. The van der Waals surface area contributed by atoms with E-state index in [1.165, 1.54) is 23.5 Å². The van der Waals surface area contributed by atoms with Crippen molar-refractivity contribution >= 4 is 39.1 Å². The third-order valence-corrected chi connectivity index (χ3v) is 10.2. The van der Waals surface area contributed by atoms with Crippen LogP contribution in [0.2, 0.25) is 5.02 Å². The van der Waals surface area contributed by atoms with Gasteiger partial charge in [0.1, 0.15) is 16.7 Å². The molecule has 2 aliphatic rings. The van der Waals surface area contributed by atoms with Crippen molar-refractivity contribution in [2.45, 2.75) is 63.0 Å². The zero-order valence-corrected chi connectivity index (χ0v) is 24.7. The first kappa shape index (κ1) is 30.3. The number of ether oxygens (including phenoxy) is 1. The predicted molar refractivity (Wildman–Crippen MR) is 154 cm³/mol. The first-order valence-electron chi connectivity index (χ1n) is 13.8. The second-order valence-corrected chi connectivity index (χ2v) is 13.3. The second-order valence-electron chi connectivity index (χ2n) is 10.9. The van der Waals surface area contributed by atoms with Crippen molar-refractivity contribution < 1.29 is 27.9 Å². The summed E-state index contributed by atoms with van der Waals surface area (Å²) in [5.74, 6) is -0.420. The molecule has 0 spiro atoms. The van der Waals surface area contributed by atoms with Gasteiger partial charge in [0.05, 0.1) is 29.8 Å². The molecule has 218 valence electrons. The summed E-state index contributed by atoms with van der Waals surface area (Å²) in [6, 6.07) is 10.7. The summed E-state index contributed by atoms with van der Waals surface area (Å²) in [5, 5.41) is 13.0. The molecule has 40 heavy (non-hydrogen) atoms. The van der Waals surface area contributed by atoms with Crippen LogP contribution in [0.25, 0.3) is 0 Å². The Labute approximate surface area is 241 Å². The lowest BCUT2D eigenvalue weighted by Gasteiger charge is -2.38. The van der Waals surface area contributed by atoms with E-state index in [0.29, 0.717) is 5.69 Å².